The Labute approximate surface area is 134 Å². The maximum atomic E-state index is 12.9. The molecule has 1 amide bonds. The van der Waals surface area contributed by atoms with Crippen LogP contribution in [0.2, 0.25) is 0 Å². The van der Waals surface area contributed by atoms with E-state index in [9.17, 15) is 4.79 Å². The molecule has 2 rings (SSSR count). The number of amides is 1. The molecule has 1 saturated heterocycles. The van der Waals surface area contributed by atoms with Gasteiger partial charge in [0.05, 0.1) is 12.2 Å². The Hall–Kier alpha value is -0.220. The fourth-order valence-corrected chi connectivity index (χ4v) is 4.59. The van der Waals surface area contributed by atoms with E-state index in [0.29, 0.717) is 23.8 Å². The minimum atomic E-state index is 0.0436. The molecule has 1 aliphatic heterocycles. The van der Waals surface area contributed by atoms with Crippen molar-refractivity contribution in [2.75, 3.05) is 6.26 Å². The first-order valence-corrected chi connectivity index (χ1v) is 9.82. The van der Waals surface area contributed by atoms with Crippen molar-refractivity contribution in [1.29, 1.82) is 0 Å². The summed E-state index contributed by atoms with van der Waals surface area (Å²) < 4.78 is 0. The third-order valence-corrected chi connectivity index (χ3v) is 5.86. The van der Waals surface area contributed by atoms with Crippen molar-refractivity contribution in [1.82, 2.24) is 10.2 Å². The summed E-state index contributed by atoms with van der Waals surface area (Å²) in [7, 11) is 0. The summed E-state index contributed by atoms with van der Waals surface area (Å²) in [5.41, 5.74) is 0. The minimum absolute atomic E-state index is 0.0436. The van der Waals surface area contributed by atoms with Gasteiger partial charge in [-0.2, -0.15) is 11.8 Å². The molecular formula is C17H32N2OS. The Bertz CT molecular complexity index is 359. The van der Waals surface area contributed by atoms with Gasteiger partial charge in [0.25, 0.3) is 0 Å². The van der Waals surface area contributed by atoms with E-state index >= 15 is 0 Å². The Morgan fingerprint density at radius 3 is 2.38 bits per heavy atom. The van der Waals surface area contributed by atoms with Gasteiger partial charge in [-0.25, -0.2) is 0 Å². The number of rotatable bonds is 6. The van der Waals surface area contributed by atoms with Crippen molar-refractivity contribution >= 4 is 17.7 Å². The van der Waals surface area contributed by atoms with Crippen LogP contribution in [0, 0.1) is 11.8 Å². The van der Waals surface area contributed by atoms with Crippen molar-refractivity contribution in [3.63, 3.8) is 0 Å². The van der Waals surface area contributed by atoms with Crippen LogP contribution in [0.25, 0.3) is 0 Å². The topological polar surface area (TPSA) is 32.3 Å². The molecule has 2 aliphatic rings. The van der Waals surface area contributed by atoms with E-state index in [0.717, 1.165) is 18.1 Å². The molecular weight excluding hydrogens is 280 g/mol. The molecule has 2 fully saturated rings. The predicted molar refractivity (Wildman–Crippen MR) is 91.4 cm³/mol. The average Bonchev–Trinajstić information content (AvgIpc) is 2.94. The molecule has 21 heavy (non-hydrogen) atoms. The SMILES string of the molecule is CSC1CCC(N2C(=O)C(CC(C)C)NC2CC(C)C)C1. The van der Waals surface area contributed by atoms with Gasteiger partial charge >= 0.3 is 0 Å². The lowest BCUT2D eigenvalue weighted by Crippen LogP contribution is -2.44. The lowest BCUT2D eigenvalue weighted by molar-refractivity contribution is -0.132. The highest BCUT2D eigenvalue weighted by Gasteiger charge is 2.44. The summed E-state index contributed by atoms with van der Waals surface area (Å²) in [5, 5.41) is 4.38. The third kappa shape index (κ3) is 4.16. The number of carbonyl (C=O) groups excluding carboxylic acids is 1. The molecule has 0 radical (unpaired) electrons. The third-order valence-electron chi connectivity index (χ3n) is 4.77. The summed E-state index contributed by atoms with van der Waals surface area (Å²) in [5.74, 6) is 1.54. The molecule has 1 aliphatic carbocycles. The normalized spacial score (nSPS) is 33.7. The van der Waals surface area contributed by atoms with Gasteiger partial charge in [0, 0.05) is 11.3 Å². The Morgan fingerprint density at radius 1 is 1.19 bits per heavy atom. The molecule has 1 N–H and O–H groups in total. The fraction of sp³-hybridized carbons (Fsp3) is 0.941. The van der Waals surface area contributed by atoms with Crippen molar-refractivity contribution in [2.45, 2.75) is 83.3 Å². The van der Waals surface area contributed by atoms with Crippen LogP contribution < -0.4 is 5.32 Å². The summed E-state index contributed by atoms with van der Waals surface area (Å²) in [6.45, 7) is 8.90. The smallest absolute Gasteiger partial charge is 0.241 e. The molecule has 0 spiro atoms. The van der Waals surface area contributed by atoms with E-state index in [1.807, 2.05) is 11.8 Å². The molecule has 4 atom stereocenters. The standard InChI is InChI=1S/C17H32N2OS/c1-11(2)8-15-17(20)19(16(18-15)9-12(3)4)13-6-7-14(10-13)21-5/h11-16,18H,6-10H2,1-5H3. The Kier molecular flexibility index (Phi) is 6.01. The number of carbonyl (C=O) groups is 1. The molecule has 0 aromatic carbocycles. The molecule has 4 unspecified atom stereocenters. The van der Waals surface area contributed by atoms with Gasteiger partial charge in [0.1, 0.15) is 0 Å². The highest BCUT2D eigenvalue weighted by molar-refractivity contribution is 7.99. The van der Waals surface area contributed by atoms with Crippen LogP contribution in [-0.2, 0) is 4.79 Å². The second-order valence-corrected chi connectivity index (χ2v) is 8.70. The van der Waals surface area contributed by atoms with E-state index in [2.05, 4.69) is 44.2 Å². The maximum absolute atomic E-state index is 12.9. The van der Waals surface area contributed by atoms with Crippen LogP contribution in [0.3, 0.4) is 0 Å². The van der Waals surface area contributed by atoms with E-state index < -0.39 is 0 Å². The molecule has 0 aromatic heterocycles. The number of thioether (sulfide) groups is 1. The summed E-state index contributed by atoms with van der Waals surface area (Å²) in [6.07, 6.45) is 8.11. The van der Waals surface area contributed by atoms with Crippen molar-refractivity contribution in [2.24, 2.45) is 11.8 Å². The highest BCUT2D eigenvalue weighted by Crippen LogP contribution is 2.35. The van der Waals surface area contributed by atoms with Gasteiger partial charge in [0.2, 0.25) is 5.91 Å². The van der Waals surface area contributed by atoms with Crippen molar-refractivity contribution < 1.29 is 4.79 Å². The summed E-state index contributed by atoms with van der Waals surface area (Å²) in [4.78, 5) is 15.1. The zero-order valence-corrected chi connectivity index (χ0v) is 15.1. The summed E-state index contributed by atoms with van der Waals surface area (Å²) >= 11 is 1.96. The molecule has 122 valence electrons. The highest BCUT2D eigenvalue weighted by atomic mass is 32.2. The Morgan fingerprint density at radius 2 is 1.86 bits per heavy atom. The molecule has 0 aromatic rings. The summed E-state index contributed by atoms with van der Waals surface area (Å²) in [6, 6.07) is 0.505. The van der Waals surface area contributed by atoms with Gasteiger partial charge in [-0.3, -0.25) is 10.1 Å². The van der Waals surface area contributed by atoms with Gasteiger partial charge in [-0.05, 0) is 50.2 Å². The van der Waals surface area contributed by atoms with E-state index in [4.69, 9.17) is 0 Å². The van der Waals surface area contributed by atoms with Crippen molar-refractivity contribution in [3.05, 3.63) is 0 Å². The quantitative estimate of drug-likeness (QED) is 0.815. The molecule has 4 heteroatoms. The van der Waals surface area contributed by atoms with E-state index in [1.54, 1.807) is 0 Å². The van der Waals surface area contributed by atoms with Crippen LogP contribution in [0.15, 0.2) is 0 Å². The largest absolute Gasteiger partial charge is 0.323 e. The van der Waals surface area contributed by atoms with Gasteiger partial charge in [0.15, 0.2) is 0 Å². The molecule has 3 nitrogen and oxygen atoms in total. The Balaban J connectivity index is 2.08. The second kappa shape index (κ2) is 7.36. The maximum Gasteiger partial charge on any atom is 0.241 e. The zero-order valence-electron chi connectivity index (χ0n) is 14.3. The van der Waals surface area contributed by atoms with Crippen LogP contribution in [-0.4, -0.2) is 40.6 Å². The predicted octanol–water partition coefficient (Wildman–Crippen LogP) is 3.49. The van der Waals surface area contributed by atoms with Crippen LogP contribution in [0.5, 0.6) is 0 Å². The second-order valence-electron chi connectivity index (χ2n) is 7.56. The van der Waals surface area contributed by atoms with Crippen LogP contribution in [0.4, 0.5) is 0 Å². The zero-order chi connectivity index (χ0) is 15.6. The number of nitrogens with one attached hydrogen (secondary N) is 1. The number of hydrogen-bond acceptors (Lipinski definition) is 3. The number of hydrogen-bond donors (Lipinski definition) is 1. The van der Waals surface area contributed by atoms with E-state index in [1.165, 1.54) is 19.3 Å². The van der Waals surface area contributed by atoms with Gasteiger partial charge < -0.3 is 4.90 Å². The molecule has 0 bridgehead atoms. The van der Waals surface area contributed by atoms with Gasteiger partial charge in [-0.15, -0.1) is 0 Å². The minimum Gasteiger partial charge on any atom is -0.323 e. The van der Waals surface area contributed by atoms with Crippen LogP contribution in [0.1, 0.15) is 59.8 Å². The first-order valence-electron chi connectivity index (χ1n) is 8.53. The first-order chi connectivity index (χ1) is 9.92. The lowest BCUT2D eigenvalue weighted by atomic mass is 10.0. The average molecular weight is 313 g/mol. The lowest BCUT2D eigenvalue weighted by Gasteiger charge is -2.31. The van der Waals surface area contributed by atoms with Crippen LogP contribution >= 0.6 is 11.8 Å². The first kappa shape index (κ1) is 17.1. The molecule has 1 heterocycles. The fourth-order valence-electron chi connectivity index (χ4n) is 3.80. The van der Waals surface area contributed by atoms with Crippen molar-refractivity contribution in [3.8, 4) is 0 Å². The van der Waals surface area contributed by atoms with E-state index in [-0.39, 0.29) is 12.2 Å². The van der Waals surface area contributed by atoms with Gasteiger partial charge in [-0.1, -0.05) is 27.7 Å². The monoisotopic (exact) mass is 312 g/mol. The molecule has 1 saturated carbocycles. The number of nitrogens with zero attached hydrogens (tertiary/aromatic N) is 1.